The molecule has 0 bridgehead atoms. The molecule has 7 heteroatoms. The molecular formula is C12H11F3N2O2. The van der Waals surface area contributed by atoms with Gasteiger partial charge in [-0.05, 0) is 26.0 Å². The highest BCUT2D eigenvalue weighted by molar-refractivity contribution is 5.87. The van der Waals surface area contributed by atoms with Crippen molar-refractivity contribution in [1.29, 1.82) is 0 Å². The van der Waals surface area contributed by atoms with E-state index in [0.717, 1.165) is 0 Å². The van der Waals surface area contributed by atoms with E-state index in [9.17, 15) is 18.0 Å². The zero-order valence-electron chi connectivity index (χ0n) is 10.2. The third-order valence-electron chi connectivity index (χ3n) is 2.33. The van der Waals surface area contributed by atoms with Gasteiger partial charge in [-0.25, -0.2) is 14.3 Å². The molecule has 2 aromatic rings. The molecule has 102 valence electrons. The Bertz CT molecular complexity index is 617. The molecule has 0 atom stereocenters. The number of ether oxygens (including phenoxy) is 1. The van der Waals surface area contributed by atoms with Crippen LogP contribution in [0.1, 0.15) is 19.7 Å². The minimum atomic E-state index is -4.73. The number of fused-ring (bicyclic) bond motifs is 1. The standard InChI is InChI=1S/C12H11F3N2O2/c1-7(2)19-11(18)17-9-6-4-3-5-8(9)16-10(17)12(13,14)15/h3-7H,1-2H3. The normalized spacial score (nSPS) is 12.1. The van der Waals surface area contributed by atoms with E-state index in [1.54, 1.807) is 19.9 Å². The van der Waals surface area contributed by atoms with Crippen LogP contribution in [0.25, 0.3) is 11.0 Å². The van der Waals surface area contributed by atoms with Gasteiger partial charge in [-0.15, -0.1) is 0 Å². The highest BCUT2D eigenvalue weighted by Crippen LogP contribution is 2.31. The summed E-state index contributed by atoms with van der Waals surface area (Å²) < 4.78 is 44.0. The molecule has 2 rings (SSSR count). The van der Waals surface area contributed by atoms with E-state index >= 15 is 0 Å². The fourth-order valence-electron chi connectivity index (χ4n) is 1.66. The number of alkyl halides is 3. The predicted octanol–water partition coefficient (Wildman–Crippen LogP) is 3.45. The molecule has 0 amide bonds. The van der Waals surface area contributed by atoms with Crippen molar-refractivity contribution in [3.8, 4) is 0 Å². The molecular weight excluding hydrogens is 261 g/mol. The summed E-state index contributed by atoms with van der Waals surface area (Å²) in [5, 5.41) is 0. The maximum atomic E-state index is 12.9. The first kappa shape index (κ1) is 13.4. The van der Waals surface area contributed by atoms with Crippen molar-refractivity contribution in [2.45, 2.75) is 26.1 Å². The van der Waals surface area contributed by atoms with E-state index in [1.807, 2.05) is 0 Å². The molecule has 0 aliphatic carbocycles. The molecule has 1 heterocycles. The molecule has 19 heavy (non-hydrogen) atoms. The molecule has 0 fully saturated rings. The number of rotatable bonds is 1. The molecule has 0 unspecified atom stereocenters. The van der Waals surface area contributed by atoms with Gasteiger partial charge < -0.3 is 4.74 Å². The van der Waals surface area contributed by atoms with Gasteiger partial charge >= 0.3 is 12.3 Å². The first-order chi connectivity index (χ1) is 8.80. The summed E-state index contributed by atoms with van der Waals surface area (Å²) in [4.78, 5) is 15.2. The van der Waals surface area contributed by atoms with Crippen LogP contribution >= 0.6 is 0 Å². The van der Waals surface area contributed by atoms with Gasteiger partial charge in [0.1, 0.15) is 0 Å². The molecule has 4 nitrogen and oxygen atoms in total. The van der Waals surface area contributed by atoms with Gasteiger partial charge in [0.15, 0.2) is 0 Å². The van der Waals surface area contributed by atoms with Crippen LogP contribution in [0.3, 0.4) is 0 Å². The highest BCUT2D eigenvalue weighted by atomic mass is 19.4. The van der Waals surface area contributed by atoms with Gasteiger partial charge in [-0.3, -0.25) is 0 Å². The Hall–Kier alpha value is -2.05. The maximum absolute atomic E-state index is 12.9. The highest BCUT2D eigenvalue weighted by Gasteiger charge is 2.39. The maximum Gasteiger partial charge on any atom is 0.450 e. The Balaban J connectivity index is 2.64. The monoisotopic (exact) mass is 272 g/mol. The van der Waals surface area contributed by atoms with Crippen molar-refractivity contribution in [3.63, 3.8) is 0 Å². The van der Waals surface area contributed by atoms with Crippen LogP contribution in [0.2, 0.25) is 0 Å². The van der Waals surface area contributed by atoms with Crippen LogP contribution in [0.4, 0.5) is 18.0 Å². The Morgan fingerprint density at radius 1 is 1.32 bits per heavy atom. The number of benzene rings is 1. The molecule has 0 saturated heterocycles. The number of nitrogens with zero attached hydrogens (tertiary/aromatic N) is 2. The zero-order chi connectivity index (χ0) is 14.2. The Kier molecular flexibility index (Phi) is 3.21. The average Bonchev–Trinajstić information content (AvgIpc) is 2.66. The lowest BCUT2D eigenvalue weighted by molar-refractivity contribution is -0.146. The lowest BCUT2D eigenvalue weighted by Crippen LogP contribution is -2.24. The second-order valence-corrected chi connectivity index (χ2v) is 4.19. The van der Waals surface area contributed by atoms with Gasteiger partial charge in [0.25, 0.3) is 0 Å². The number of halogens is 3. The summed E-state index contributed by atoms with van der Waals surface area (Å²) in [5.74, 6) is -1.28. The summed E-state index contributed by atoms with van der Waals surface area (Å²) in [7, 11) is 0. The lowest BCUT2D eigenvalue weighted by Gasteiger charge is -2.12. The van der Waals surface area contributed by atoms with Crippen molar-refractivity contribution < 1.29 is 22.7 Å². The first-order valence-electron chi connectivity index (χ1n) is 5.56. The minimum Gasteiger partial charge on any atom is -0.446 e. The molecule has 0 saturated carbocycles. The van der Waals surface area contributed by atoms with Crippen molar-refractivity contribution in [3.05, 3.63) is 30.1 Å². The third-order valence-corrected chi connectivity index (χ3v) is 2.33. The Morgan fingerprint density at radius 2 is 1.95 bits per heavy atom. The summed E-state index contributed by atoms with van der Waals surface area (Å²) >= 11 is 0. The molecule has 1 aromatic heterocycles. The topological polar surface area (TPSA) is 44.1 Å². The summed E-state index contributed by atoms with van der Waals surface area (Å²) in [6.07, 6.45) is -6.33. The van der Waals surface area contributed by atoms with Crippen LogP contribution in [-0.2, 0) is 10.9 Å². The molecule has 0 spiro atoms. The second kappa shape index (κ2) is 4.56. The van der Waals surface area contributed by atoms with E-state index in [0.29, 0.717) is 4.57 Å². The van der Waals surface area contributed by atoms with E-state index in [2.05, 4.69) is 4.98 Å². The number of hydrogen-bond donors (Lipinski definition) is 0. The van der Waals surface area contributed by atoms with E-state index in [4.69, 9.17) is 4.74 Å². The number of imidazole rings is 1. The molecule has 0 aliphatic heterocycles. The summed E-state index contributed by atoms with van der Waals surface area (Å²) in [6, 6.07) is 5.87. The van der Waals surface area contributed by atoms with E-state index in [-0.39, 0.29) is 11.0 Å². The van der Waals surface area contributed by atoms with E-state index < -0.39 is 24.2 Å². The number of hydrogen-bond acceptors (Lipinski definition) is 3. The SMILES string of the molecule is CC(C)OC(=O)n1c(C(F)(F)F)nc2ccccc21. The first-order valence-corrected chi connectivity index (χ1v) is 5.56. The number of para-hydroxylation sites is 2. The van der Waals surface area contributed by atoms with E-state index in [1.165, 1.54) is 18.2 Å². The smallest absolute Gasteiger partial charge is 0.446 e. The molecule has 1 aromatic carbocycles. The van der Waals surface area contributed by atoms with Gasteiger partial charge in [-0.2, -0.15) is 13.2 Å². The average molecular weight is 272 g/mol. The Morgan fingerprint density at radius 3 is 2.53 bits per heavy atom. The largest absolute Gasteiger partial charge is 0.450 e. The van der Waals surface area contributed by atoms with Crippen molar-refractivity contribution in [1.82, 2.24) is 9.55 Å². The van der Waals surface area contributed by atoms with Crippen LogP contribution in [0, 0.1) is 0 Å². The van der Waals surface area contributed by atoms with Crippen LogP contribution in [0.5, 0.6) is 0 Å². The quantitative estimate of drug-likeness (QED) is 0.798. The number of aromatic nitrogens is 2. The second-order valence-electron chi connectivity index (χ2n) is 4.19. The Labute approximate surface area is 106 Å². The number of carbonyl (C=O) groups excluding carboxylic acids is 1. The third kappa shape index (κ3) is 2.54. The van der Waals surface area contributed by atoms with Crippen molar-refractivity contribution in [2.75, 3.05) is 0 Å². The van der Waals surface area contributed by atoms with Gasteiger partial charge in [0.05, 0.1) is 17.1 Å². The molecule has 0 N–H and O–H groups in total. The minimum absolute atomic E-state index is 0.0699. The predicted molar refractivity (Wildman–Crippen MR) is 61.8 cm³/mol. The van der Waals surface area contributed by atoms with Crippen LogP contribution in [0.15, 0.2) is 24.3 Å². The van der Waals surface area contributed by atoms with Gasteiger partial charge in [0, 0.05) is 0 Å². The van der Waals surface area contributed by atoms with Gasteiger partial charge in [-0.1, -0.05) is 12.1 Å². The van der Waals surface area contributed by atoms with Crippen LogP contribution in [-0.4, -0.2) is 21.7 Å². The fourth-order valence-corrected chi connectivity index (χ4v) is 1.66. The zero-order valence-corrected chi connectivity index (χ0v) is 10.2. The summed E-state index contributed by atoms with van der Waals surface area (Å²) in [5.41, 5.74) is 0.163. The van der Waals surface area contributed by atoms with Crippen molar-refractivity contribution >= 4 is 17.1 Å². The summed E-state index contributed by atoms with van der Waals surface area (Å²) in [6.45, 7) is 3.12. The lowest BCUT2D eigenvalue weighted by atomic mass is 10.3. The van der Waals surface area contributed by atoms with Crippen molar-refractivity contribution in [2.24, 2.45) is 0 Å². The number of carbonyl (C=O) groups is 1. The fraction of sp³-hybridized carbons (Fsp3) is 0.333. The molecule has 0 radical (unpaired) electrons. The molecule has 0 aliphatic rings. The van der Waals surface area contributed by atoms with Crippen LogP contribution < -0.4 is 0 Å². The van der Waals surface area contributed by atoms with Gasteiger partial charge in [0.2, 0.25) is 5.82 Å².